The van der Waals surface area contributed by atoms with E-state index in [0.29, 0.717) is 36.3 Å². The number of aliphatic imine (C=N–C) groups is 1. The molecule has 1 unspecified atom stereocenters. The van der Waals surface area contributed by atoms with Crippen LogP contribution in [0.5, 0.6) is 5.75 Å². The third-order valence-electron chi connectivity index (χ3n) is 5.66. The van der Waals surface area contributed by atoms with Gasteiger partial charge in [0.25, 0.3) is 5.91 Å². The van der Waals surface area contributed by atoms with Gasteiger partial charge in [-0.2, -0.15) is 4.99 Å². The van der Waals surface area contributed by atoms with Gasteiger partial charge < -0.3 is 20.3 Å². The lowest BCUT2D eigenvalue weighted by Gasteiger charge is -2.34. The van der Waals surface area contributed by atoms with Gasteiger partial charge in [0.1, 0.15) is 11.9 Å². The molecule has 3 aliphatic heterocycles. The van der Waals surface area contributed by atoms with E-state index in [1.807, 2.05) is 65.6 Å². The number of thioether (sulfide) groups is 1. The van der Waals surface area contributed by atoms with Crippen molar-refractivity contribution in [3.63, 3.8) is 0 Å². The van der Waals surface area contributed by atoms with E-state index in [1.165, 1.54) is 11.8 Å². The van der Waals surface area contributed by atoms with Gasteiger partial charge in [0.15, 0.2) is 5.17 Å². The van der Waals surface area contributed by atoms with Gasteiger partial charge in [-0.25, -0.2) is 4.79 Å². The first-order valence-corrected chi connectivity index (χ1v) is 11.2. The van der Waals surface area contributed by atoms with E-state index in [-0.39, 0.29) is 12.0 Å². The maximum absolute atomic E-state index is 12.7. The zero-order valence-corrected chi connectivity index (χ0v) is 18.1. The molecule has 0 aromatic heterocycles. The molecular formula is C24H22N4O3S. The van der Waals surface area contributed by atoms with Crippen LogP contribution in [0.3, 0.4) is 0 Å². The minimum Gasteiger partial charge on any atom is -0.480 e. The molecule has 32 heavy (non-hydrogen) atoms. The predicted molar refractivity (Wildman–Crippen MR) is 125 cm³/mol. The van der Waals surface area contributed by atoms with Crippen molar-refractivity contribution in [2.75, 3.05) is 26.2 Å². The van der Waals surface area contributed by atoms with Crippen LogP contribution in [-0.4, -0.2) is 53.1 Å². The Hall–Kier alpha value is -3.52. The smallest absolute Gasteiger partial charge is 0.314 e. The van der Waals surface area contributed by atoms with Crippen LogP contribution in [0.15, 0.2) is 76.1 Å². The molecule has 3 heterocycles. The van der Waals surface area contributed by atoms with Crippen molar-refractivity contribution < 1.29 is 14.3 Å². The summed E-state index contributed by atoms with van der Waals surface area (Å²) in [7, 11) is 0. The highest BCUT2D eigenvalue weighted by Gasteiger charge is 2.31. The molecule has 162 valence electrons. The molecular weight excluding hydrogens is 424 g/mol. The summed E-state index contributed by atoms with van der Waals surface area (Å²) in [5.74, 6) is 0.562. The molecule has 8 heteroatoms. The Morgan fingerprint density at radius 3 is 2.53 bits per heavy atom. The Morgan fingerprint density at radius 1 is 1.06 bits per heavy atom. The van der Waals surface area contributed by atoms with Crippen LogP contribution < -0.4 is 10.5 Å². The summed E-state index contributed by atoms with van der Waals surface area (Å²) >= 11 is 1.36. The molecule has 2 aromatic rings. The quantitative estimate of drug-likeness (QED) is 0.715. The first-order chi connectivity index (χ1) is 15.6. The summed E-state index contributed by atoms with van der Waals surface area (Å²) in [4.78, 5) is 32.5. The van der Waals surface area contributed by atoms with Crippen LogP contribution in [0.1, 0.15) is 17.2 Å². The zero-order chi connectivity index (χ0) is 22.1. The van der Waals surface area contributed by atoms with Crippen LogP contribution in [0.2, 0.25) is 0 Å². The van der Waals surface area contributed by atoms with E-state index in [0.717, 1.165) is 22.4 Å². The molecule has 3 aliphatic rings. The normalized spacial score (nSPS) is 21.7. The van der Waals surface area contributed by atoms with Gasteiger partial charge in [0, 0.05) is 31.7 Å². The lowest BCUT2D eigenvalue weighted by Crippen LogP contribution is -2.51. The number of piperazine rings is 1. The van der Waals surface area contributed by atoms with Crippen molar-refractivity contribution in [1.29, 1.82) is 0 Å². The third kappa shape index (κ3) is 4.01. The summed E-state index contributed by atoms with van der Waals surface area (Å²) in [6.45, 7) is 2.24. The fourth-order valence-electron chi connectivity index (χ4n) is 3.97. The number of ether oxygens (including phenoxy) is 1. The van der Waals surface area contributed by atoms with Crippen LogP contribution in [-0.2, 0) is 4.79 Å². The Morgan fingerprint density at radius 2 is 1.78 bits per heavy atom. The zero-order valence-electron chi connectivity index (χ0n) is 17.3. The summed E-state index contributed by atoms with van der Waals surface area (Å²) in [6, 6.07) is 17.4. The molecule has 0 aliphatic carbocycles. The molecule has 1 saturated heterocycles. The van der Waals surface area contributed by atoms with Gasteiger partial charge in [-0.3, -0.25) is 4.79 Å². The van der Waals surface area contributed by atoms with Crippen molar-refractivity contribution in [2.24, 2.45) is 10.7 Å². The van der Waals surface area contributed by atoms with Gasteiger partial charge in [-0.05, 0) is 41.1 Å². The fraction of sp³-hybridized carbons (Fsp3) is 0.208. The lowest BCUT2D eigenvalue weighted by atomic mass is 9.95. The maximum atomic E-state index is 12.7. The van der Waals surface area contributed by atoms with Crippen LogP contribution in [0, 0.1) is 0 Å². The van der Waals surface area contributed by atoms with E-state index in [2.05, 4.69) is 11.1 Å². The van der Waals surface area contributed by atoms with E-state index in [4.69, 9.17) is 10.5 Å². The number of benzene rings is 2. The fourth-order valence-corrected chi connectivity index (χ4v) is 4.93. The van der Waals surface area contributed by atoms with E-state index < -0.39 is 6.03 Å². The lowest BCUT2D eigenvalue weighted by molar-refractivity contribution is -0.113. The number of amides is 3. The molecule has 5 rings (SSSR count). The van der Waals surface area contributed by atoms with Gasteiger partial charge in [-0.1, -0.05) is 48.5 Å². The molecule has 1 fully saturated rings. The van der Waals surface area contributed by atoms with E-state index in [1.54, 1.807) is 4.90 Å². The number of hydrogen-bond donors (Lipinski definition) is 1. The number of fused-ring (bicyclic) bond motifs is 1. The van der Waals surface area contributed by atoms with Crippen molar-refractivity contribution >= 4 is 34.9 Å². The second kappa shape index (κ2) is 8.55. The van der Waals surface area contributed by atoms with Crippen LogP contribution >= 0.6 is 11.8 Å². The number of carbonyl (C=O) groups is 2. The maximum Gasteiger partial charge on any atom is 0.314 e. The molecule has 7 nitrogen and oxygen atoms in total. The van der Waals surface area contributed by atoms with Gasteiger partial charge in [0.2, 0.25) is 0 Å². The van der Waals surface area contributed by atoms with Crippen molar-refractivity contribution in [3.05, 3.63) is 82.3 Å². The second-order valence-corrected chi connectivity index (χ2v) is 8.72. The molecule has 2 N–H and O–H groups in total. The topological polar surface area (TPSA) is 88.2 Å². The first-order valence-electron chi connectivity index (χ1n) is 10.4. The molecule has 0 bridgehead atoms. The van der Waals surface area contributed by atoms with E-state index in [9.17, 15) is 9.59 Å². The number of carbonyl (C=O) groups excluding carboxylic acids is 2. The number of urea groups is 1. The minimum absolute atomic E-state index is 0.256. The second-order valence-electron chi connectivity index (χ2n) is 7.71. The average molecular weight is 447 g/mol. The Balaban J connectivity index is 1.40. The molecule has 0 radical (unpaired) electrons. The Bertz CT molecular complexity index is 1150. The molecule has 0 saturated carbocycles. The number of nitrogens with zero attached hydrogens (tertiary/aromatic N) is 3. The highest BCUT2D eigenvalue weighted by Crippen LogP contribution is 2.40. The van der Waals surface area contributed by atoms with Gasteiger partial charge in [0.05, 0.1) is 4.91 Å². The van der Waals surface area contributed by atoms with Crippen molar-refractivity contribution in [3.8, 4) is 5.75 Å². The summed E-state index contributed by atoms with van der Waals surface area (Å²) in [5, 5.41) is 0.666. The number of nitrogens with two attached hydrogens (primary N) is 1. The standard InChI is InChI=1S/C24H22N4O3S/c25-23(30)27-10-12-28(13-11-27)24-26-22(29)20(32-24)15-18-14-17-8-4-5-9-19(17)31-21(18)16-6-2-1-3-7-16/h1-9,14-15,21H,10-13H2,(H2,25,30). The molecule has 0 spiro atoms. The Labute approximate surface area is 190 Å². The number of para-hydroxylation sites is 1. The van der Waals surface area contributed by atoms with Crippen molar-refractivity contribution in [1.82, 2.24) is 9.80 Å². The summed E-state index contributed by atoms with van der Waals surface area (Å²) in [5.41, 5.74) is 8.26. The van der Waals surface area contributed by atoms with Crippen LogP contribution in [0.4, 0.5) is 4.79 Å². The molecule has 2 aromatic carbocycles. The van der Waals surface area contributed by atoms with Crippen LogP contribution in [0.25, 0.3) is 6.08 Å². The number of rotatable bonds is 2. The van der Waals surface area contributed by atoms with Crippen molar-refractivity contribution in [2.45, 2.75) is 6.10 Å². The SMILES string of the molecule is NC(=O)N1CCN(C2=NC(=O)C(=CC3=Cc4ccccc4OC3c3ccccc3)S2)CC1. The highest BCUT2D eigenvalue weighted by molar-refractivity contribution is 8.18. The monoisotopic (exact) mass is 446 g/mol. The number of primary amides is 1. The number of hydrogen-bond acceptors (Lipinski definition) is 5. The highest BCUT2D eigenvalue weighted by atomic mass is 32.2. The average Bonchev–Trinajstić information content (AvgIpc) is 3.19. The number of amidine groups is 1. The minimum atomic E-state index is -0.418. The predicted octanol–water partition coefficient (Wildman–Crippen LogP) is 3.41. The third-order valence-corrected chi connectivity index (χ3v) is 6.70. The molecule has 3 amide bonds. The molecule has 1 atom stereocenters. The summed E-state index contributed by atoms with van der Waals surface area (Å²) < 4.78 is 6.32. The van der Waals surface area contributed by atoms with Gasteiger partial charge in [-0.15, -0.1) is 0 Å². The van der Waals surface area contributed by atoms with Gasteiger partial charge >= 0.3 is 6.03 Å². The Kier molecular flexibility index (Phi) is 5.45. The summed E-state index contributed by atoms with van der Waals surface area (Å²) in [6.07, 6.45) is 3.65. The van der Waals surface area contributed by atoms with E-state index >= 15 is 0 Å². The first kappa shape index (κ1) is 20.4. The largest absolute Gasteiger partial charge is 0.480 e.